The lowest BCUT2D eigenvalue weighted by atomic mass is 9.99. The number of rotatable bonds is 2. The Labute approximate surface area is 93.1 Å². The van der Waals surface area contributed by atoms with Gasteiger partial charge in [-0.05, 0) is 57.0 Å². The molecule has 0 spiro atoms. The molecule has 0 bridgehead atoms. The van der Waals surface area contributed by atoms with Crippen molar-refractivity contribution in [3.8, 4) is 0 Å². The fraction of sp³-hybridized carbons (Fsp3) is 0.286. The van der Waals surface area contributed by atoms with Crippen molar-refractivity contribution in [1.82, 2.24) is 0 Å². The summed E-state index contributed by atoms with van der Waals surface area (Å²) in [6.45, 7) is 0.181. The zero-order chi connectivity index (χ0) is 10.9. The van der Waals surface area contributed by atoms with Crippen LogP contribution in [0.15, 0.2) is 12.1 Å². The third-order valence-electron chi connectivity index (χ3n) is 3.87. The van der Waals surface area contributed by atoms with E-state index in [1.165, 1.54) is 33.0 Å². The predicted octanol–water partition coefficient (Wildman–Crippen LogP) is 1.63. The molecule has 0 saturated carbocycles. The Hall–Kier alpha value is -1.38. The second-order valence-electron chi connectivity index (χ2n) is 4.72. The fourth-order valence-corrected chi connectivity index (χ4v) is 2.96. The average Bonchev–Trinajstić information content (AvgIpc) is 3.15. The van der Waals surface area contributed by atoms with Crippen molar-refractivity contribution in [2.24, 2.45) is 0 Å². The first kappa shape index (κ1) is 8.74. The van der Waals surface area contributed by atoms with Crippen molar-refractivity contribution in [2.45, 2.75) is 26.1 Å². The van der Waals surface area contributed by atoms with Crippen LogP contribution in [0.1, 0.15) is 33.4 Å². The van der Waals surface area contributed by atoms with Crippen molar-refractivity contribution in [2.75, 3.05) is 0 Å². The summed E-state index contributed by atoms with van der Waals surface area (Å²) in [6.07, 6.45) is 2.18. The van der Waals surface area contributed by atoms with E-state index in [-0.39, 0.29) is 13.2 Å². The number of aliphatic hydroxyl groups is 2. The standard InChI is InChI=1S/C14H12O2/c15-5-7-1-2-8(6-16)14-12-4-10(12)9-3-11(9)13(7)14/h1-2,15-16H,3-6H2. The molecule has 0 saturated heterocycles. The number of aliphatic hydroxyl groups excluding tert-OH is 2. The summed E-state index contributed by atoms with van der Waals surface area (Å²) >= 11 is 0. The van der Waals surface area contributed by atoms with Crippen molar-refractivity contribution in [3.63, 3.8) is 0 Å². The summed E-state index contributed by atoms with van der Waals surface area (Å²) in [5.41, 5.74) is 7.85. The Balaban J connectivity index is 2.20. The SMILES string of the molecule is OCc1ccc(CO)c2c3c(c4c(c12)C4)C3. The van der Waals surface area contributed by atoms with Gasteiger partial charge in [0.25, 0.3) is 0 Å². The molecule has 2 aromatic rings. The first-order valence-corrected chi connectivity index (χ1v) is 5.66. The summed E-state index contributed by atoms with van der Waals surface area (Å²) < 4.78 is 0. The molecule has 2 nitrogen and oxygen atoms in total. The van der Waals surface area contributed by atoms with E-state index in [0.29, 0.717) is 0 Å². The van der Waals surface area contributed by atoms with Gasteiger partial charge < -0.3 is 10.2 Å². The summed E-state index contributed by atoms with van der Waals surface area (Å²) in [6, 6.07) is 3.89. The van der Waals surface area contributed by atoms with E-state index < -0.39 is 0 Å². The lowest BCUT2D eigenvalue weighted by Gasteiger charge is -2.07. The average molecular weight is 212 g/mol. The summed E-state index contributed by atoms with van der Waals surface area (Å²) in [7, 11) is 0. The molecule has 80 valence electrons. The highest BCUT2D eigenvalue weighted by molar-refractivity contribution is 6.02. The molecule has 2 aliphatic rings. The van der Waals surface area contributed by atoms with Gasteiger partial charge in [-0.15, -0.1) is 0 Å². The van der Waals surface area contributed by atoms with E-state index in [0.717, 1.165) is 24.0 Å². The number of hydrogen-bond donors (Lipinski definition) is 2. The predicted molar refractivity (Wildman–Crippen MR) is 61.4 cm³/mol. The maximum atomic E-state index is 9.39. The Bertz CT molecular complexity index is 585. The minimum Gasteiger partial charge on any atom is -0.392 e. The van der Waals surface area contributed by atoms with Gasteiger partial charge in [0.05, 0.1) is 13.2 Å². The molecule has 2 heteroatoms. The number of benzene rings is 2. The van der Waals surface area contributed by atoms with E-state index in [1.807, 2.05) is 12.1 Å². The molecule has 2 aliphatic carbocycles. The highest BCUT2D eigenvalue weighted by Crippen LogP contribution is 2.51. The highest BCUT2D eigenvalue weighted by Gasteiger charge is 2.36. The molecule has 2 N–H and O–H groups in total. The molecular weight excluding hydrogens is 200 g/mol. The van der Waals surface area contributed by atoms with Crippen LogP contribution in [0.25, 0.3) is 10.8 Å². The normalized spacial score (nSPS) is 14.9. The second-order valence-corrected chi connectivity index (χ2v) is 4.72. The maximum absolute atomic E-state index is 9.39. The Morgan fingerprint density at radius 3 is 1.56 bits per heavy atom. The van der Waals surface area contributed by atoms with Gasteiger partial charge in [0.1, 0.15) is 0 Å². The summed E-state index contributed by atoms with van der Waals surface area (Å²) in [5.74, 6) is 0. The van der Waals surface area contributed by atoms with Crippen molar-refractivity contribution in [1.29, 1.82) is 0 Å². The largest absolute Gasteiger partial charge is 0.392 e. The van der Waals surface area contributed by atoms with E-state index in [1.54, 1.807) is 0 Å². The van der Waals surface area contributed by atoms with Gasteiger partial charge in [-0.3, -0.25) is 0 Å². The molecule has 0 amide bonds. The zero-order valence-corrected chi connectivity index (χ0v) is 8.88. The van der Waals surface area contributed by atoms with Crippen LogP contribution >= 0.6 is 0 Å². The van der Waals surface area contributed by atoms with Gasteiger partial charge in [0.15, 0.2) is 0 Å². The molecule has 0 heterocycles. The molecular formula is C14H12O2. The molecule has 0 unspecified atom stereocenters. The fourth-order valence-electron chi connectivity index (χ4n) is 2.96. The van der Waals surface area contributed by atoms with Crippen LogP contribution in [0.2, 0.25) is 0 Å². The van der Waals surface area contributed by atoms with Crippen LogP contribution in [0.5, 0.6) is 0 Å². The summed E-state index contributed by atoms with van der Waals surface area (Å²) in [5, 5.41) is 21.2. The van der Waals surface area contributed by atoms with Crippen LogP contribution in [0.3, 0.4) is 0 Å². The Kier molecular flexibility index (Phi) is 1.45. The number of hydrogen-bond acceptors (Lipinski definition) is 2. The molecule has 2 aromatic carbocycles. The quantitative estimate of drug-likeness (QED) is 0.530. The minimum absolute atomic E-state index is 0.0907. The molecule has 0 atom stereocenters. The van der Waals surface area contributed by atoms with Gasteiger partial charge in [-0.25, -0.2) is 0 Å². The zero-order valence-electron chi connectivity index (χ0n) is 8.88. The maximum Gasteiger partial charge on any atom is 0.0687 e. The van der Waals surface area contributed by atoms with E-state index in [2.05, 4.69) is 0 Å². The van der Waals surface area contributed by atoms with Crippen molar-refractivity contribution >= 4 is 10.8 Å². The highest BCUT2D eigenvalue weighted by atomic mass is 16.3. The molecule has 4 rings (SSSR count). The summed E-state index contributed by atoms with van der Waals surface area (Å²) in [4.78, 5) is 0. The van der Waals surface area contributed by atoms with E-state index in [9.17, 15) is 10.2 Å². The third kappa shape index (κ3) is 0.896. The van der Waals surface area contributed by atoms with Gasteiger partial charge in [-0.1, -0.05) is 12.1 Å². The molecule has 0 aromatic heterocycles. The Morgan fingerprint density at radius 1 is 0.750 bits per heavy atom. The molecule has 0 fully saturated rings. The van der Waals surface area contributed by atoms with E-state index in [4.69, 9.17) is 0 Å². The topological polar surface area (TPSA) is 40.5 Å². The monoisotopic (exact) mass is 212 g/mol. The molecule has 16 heavy (non-hydrogen) atoms. The van der Waals surface area contributed by atoms with Gasteiger partial charge in [-0.2, -0.15) is 0 Å². The van der Waals surface area contributed by atoms with Crippen molar-refractivity contribution < 1.29 is 10.2 Å². The van der Waals surface area contributed by atoms with Gasteiger partial charge >= 0.3 is 0 Å². The third-order valence-corrected chi connectivity index (χ3v) is 3.87. The van der Waals surface area contributed by atoms with Gasteiger partial charge in [0.2, 0.25) is 0 Å². The lowest BCUT2D eigenvalue weighted by Crippen LogP contribution is -1.92. The first-order chi connectivity index (χ1) is 7.85. The van der Waals surface area contributed by atoms with Crippen LogP contribution in [0, 0.1) is 0 Å². The first-order valence-electron chi connectivity index (χ1n) is 5.66. The van der Waals surface area contributed by atoms with Gasteiger partial charge in [0, 0.05) is 0 Å². The van der Waals surface area contributed by atoms with Crippen LogP contribution < -0.4 is 0 Å². The van der Waals surface area contributed by atoms with Crippen LogP contribution in [-0.2, 0) is 26.1 Å². The van der Waals surface area contributed by atoms with Crippen LogP contribution in [0.4, 0.5) is 0 Å². The van der Waals surface area contributed by atoms with Crippen molar-refractivity contribution in [3.05, 3.63) is 45.5 Å². The van der Waals surface area contributed by atoms with E-state index >= 15 is 0 Å². The molecule has 0 radical (unpaired) electrons. The molecule has 0 aliphatic heterocycles. The van der Waals surface area contributed by atoms with Crippen LogP contribution in [-0.4, -0.2) is 10.2 Å². The Morgan fingerprint density at radius 2 is 1.19 bits per heavy atom. The minimum atomic E-state index is 0.0907. The lowest BCUT2D eigenvalue weighted by molar-refractivity contribution is 0.280. The number of fused-ring (bicyclic) bond motifs is 6. The second kappa shape index (κ2) is 2.65. The smallest absolute Gasteiger partial charge is 0.0687 e.